The smallest absolute Gasteiger partial charge is 0.319 e. The van der Waals surface area contributed by atoms with Gasteiger partial charge in [-0.05, 0) is 36.4 Å². The minimum atomic E-state index is -0.322. The minimum absolute atomic E-state index is 0.0492. The first-order valence-corrected chi connectivity index (χ1v) is 6.64. The zero-order valence-electron chi connectivity index (χ0n) is 11.7. The van der Waals surface area contributed by atoms with Gasteiger partial charge in [-0.3, -0.25) is 4.79 Å². The molecule has 1 heterocycles. The number of rotatable bonds is 5. The molecule has 0 spiro atoms. The van der Waals surface area contributed by atoms with Gasteiger partial charge in [-0.2, -0.15) is 0 Å². The number of amides is 3. The molecule has 1 aromatic carbocycles. The summed E-state index contributed by atoms with van der Waals surface area (Å²) in [6.07, 6.45) is 1.98. The monoisotopic (exact) mass is 287 g/mol. The van der Waals surface area contributed by atoms with Gasteiger partial charge < -0.3 is 20.4 Å². The zero-order chi connectivity index (χ0) is 15.1. The normalized spacial score (nSPS) is 9.95. The Morgan fingerprint density at radius 2 is 1.71 bits per heavy atom. The molecular weight excluding hydrogens is 270 g/mol. The molecular formula is C15H17N3O3. The minimum Gasteiger partial charge on any atom is -0.467 e. The molecule has 21 heavy (non-hydrogen) atoms. The average molecular weight is 287 g/mol. The molecule has 1 aromatic heterocycles. The molecule has 0 radical (unpaired) electrons. The number of carbonyl (C=O) groups excluding carboxylic acids is 2. The van der Waals surface area contributed by atoms with Crippen LogP contribution in [-0.4, -0.2) is 11.9 Å². The van der Waals surface area contributed by atoms with Gasteiger partial charge in [-0.25, -0.2) is 4.79 Å². The van der Waals surface area contributed by atoms with Crippen LogP contribution in [0.3, 0.4) is 0 Å². The van der Waals surface area contributed by atoms with Gasteiger partial charge in [-0.15, -0.1) is 0 Å². The van der Waals surface area contributed by atoms with E-state index >= 15 is 0 Å². The van der Waals surface area contributed by atoms with E-state index in [9.17, 15) is 9.59 Å². The summed E-state index contributed by atoms with van der Waals surface area (Å²) in [4.78, 5) is 22.9. The SMILES string of the molecule is CCC(=O)Nc1ccc(NC(=O)NCc2ccco2)cc1. The lowest BCUT2D eigenvalue weighted by molar-refractivity contribution is -0.115. The summed E-state index contributed by atoms with van der Waals surface area (Å²) >= 11 is 0. The first kappa shape index (κ1) is 14.6. The molecule has 110 valence electrons. The highest BCUT2D eigenvalue weighted by Gasteiger charge is 2.04. The van der Waals surface area contributed by atoms with Crippen molar-refractivity contribution in [1.82, 2.24) is 5.32 Å². The van der Waals surface area contributed by atoms with E-state index < -0.39 is 0 Å². The molecule has 3 N–H and O–H groups in total. The Hall–Kier alpha value is -2.76. The number of anilines is 2. The van der Waals surface area contributed by atoms with Gasteiger partial charge in [0.1, 0.15) is 5.76 Å². The molecule has 0 aliphatic heterocycles. The van der Waals surface area contributed by atoms with Crippen LogP contribution in [0, 0.1) is 0 Å². The lowest BCUT2D eigenvalue weighted by Crippen LogP contribution is -2.27. The molecule has 0 aliphatic rings. The van der Waals surface area contributed by atoms with E-state index in [0.717, 1.165) is 0 Å². The van der Waals surface area contributed by atoms with E-state index in [1.807, 2.05) is 0 Å². The number of furan rings is 1. The first-order chi connectivity index (χ1) is 10.2. The topological polar surface area (TPSA) is 83.4 Å². The maximum absolute atomic E-state index is 11.7. The highest BCUT2D eigenvalue weighted by molar-refractivity contribution is 5.92. The second kappa shape index (κ2) is 7.14. The number of hydrogen-bond acceptors (Lipinski definition) is 3. The number of nitrogens with one attached hydrogen (secondary N) is 3. The van der Waals surface area contributed by atoms with Crippen LogP contribution in [0.25, 0.3) is 0 Å². The molecule has 0 atom stereocenters. The van der Waals surface area contributed by atoms with Gasteiger partial charge in [0.2, 0.25) is 5.91 Å². The first-order valence-electron chi connectivity index (χ1n) is 6.64. The molecule has 0 aliphatic carbocycles. The molecule has 3 amide bonds. The Bertz CT molecular complexity index is 591. The van der Waals surface area contributed by atoms with E-state index in [4.69, 9.17) is 4.42 Å². The number of carbonyl (C=O) groups is 2. The van der Waals surface area contributed by atoms with Crippen molar-refractivity contribution < 1.29 is 14.0 Å². The van der Waals surface area contributed by atoms with Gasteiger partial charge in [0, 0.05) is 17.8 Å². The number of benzene rings is 1. The molecule has 0 bridgehead atoms. The number of urea groups is 1. The highest BCUT2D eigenvalue weighted by Crippen LogP contribution is 2.13. The van der Waals surface area contributed by atoms with Gasteiger partial charge in [0.25, 0.3) is 0 Å². The standard InChI is InChI=1S/C15H17N3O3/c1-2-14(19)17-11-5-7-12(8-6-11)18-15(20)16-10-13-4-3-9-21-13/h3-9H,2,10H2,1H3,(H,17,19)(H2,16,18,20). The van der Waals surface area contributed by atoms with Crippen molar-refractivity contribution in [2.24, 2.45) is 0 Å². The van der Waals surface area contributed by atoms with E-state index in [-0.39, 0.29) is 11.9 Å². The van der Waals surface area contributed by atoms with Crippen molar-refractivity contribution in [3.05, 3.63) is 48.4 Å². The third-order valence-corrected chi connectivity index (χ3v) is 2.75. The van der Waals surface area contributed by atoms with Gasteiger partial charge in [0.05, 0.1) is 12.8 Å². The van der Waals surface area contributed by atoms with Crippen LogP contribution in [0.1, 0.15) is 19.1 Å². The molecule has 6 nitrogen and oxygen atoms in total. The third-order valence-electron chi connectivity index (χ3n) is 2.75. The summed E-state index contributed by atoms with van der Waals surface area (Å²) in [5, 5.41) is 8.11. The van der Waals surface area contributed by atoms with Crippen molar-refractivity contribution in [2.75, 3.05) is 10.6 Å². The lowest BCUT2D eigenvalue weighted by Gasteiger charge is -2.08. The molecule has 0 saturated carbocycles. The van der Waals surface area contributed by atoms with Crippen LogP contribution in [0.2, 0.25) is 0 Å². The highest BCUT2D eigenvalue weighted by atomic mass is 16.3. The van der Waals surface area contributed by atoms with E-state index in [1.165, 1.54) is 0 Å². The fourth-order valence-electron chi connectivity index (χ4n) is 1.64. The van der Waals surface area contributed by atoms with Crippen molar-refractivity contribution in [3.63, 3.8) is 0 Å². The molecule has 2 rings (SSSR count). The zero-order valence-corrected chi connectivity index (χ0v) is 11.7. The Morgan fingerprint density at radius 1 is 1.05 bits per heavy atom. The Balaban J connectivity index is 1.82. The van der Waals surface area contributed by atoms with Gasteiger partial charge in [-0.1, -0.05) is 6.92 Å². The predicted molar refractivity (Wildman–Crippen MR) is 79.9 cm³/mol. The summed E-state index contributed by atoms with van der Waals surface area (Å²) in [5.41, 5.74) is 1.34. The molecule has 2 aromatic rings. The van der Waals surface area contributed by atoms with Gasteiger partial charge in [0.15, 0.2) is 0 Å². The summed E-state index contributed by atoms with van der Waals surface area (Å²) in [7, 11) is 0. The van der Waals surface area contributed by atoms with E-state index in [1.54, 1.807) is 49.6 Å². The van der Waals surface area contributed by atoms with Crippen molar-refractivity contribution in [2.45, 2.75) is 19.9 Å². The summed E-state index contributed by atoms with van der Waals surface area (Å²) in [6, 6.07) is 10.1. The summed E-state index contributed by atoms with van der Waals surface area (Å²) < 4.78 is 5.11. The maximum Gasteiger partial charge on any atom is 0.319 e. The molecule has 6 heteroatoms. The predicted octanol–water partition coefficient (Wildman–Crippen LogP) is 2.95. The van der Waals surface area contributed by atoms with E-state index in [2.05, 4.69) is 16.0 Å². The van der Waals surface area contributed by atoms with Crippen LogP contribution in [0.4, 0.5) is 16.2 Å². The van der Waals surface area contributed by atoms with Crippen molar-refractivity contribution in [1.29, 1.82) is 0 Å². The van der Waals surface area contributed by atoms with Crippen molar-refractivity contribution >= 4 is 23.3 Å². The van der Waals surface area contributed by atoms with E-state index in [0.29, 0.717) is 30.1 Å². The molecule has 0 saturated heterocycles. The van der Waals surface area contributed by atoms with Crippen LogP contribution in [-0.2, 0) is 11.3 Å². The van der Waals surface area contributed by atoms with Crippen LogP contribution >= 0.6 is 0 Å². The Kier molecular flexibility index (Phi) is 4.98. The second-order valence-corrected chi connectivity index (χ2v) is 4.37. The van der Waals surface area contributed by atoms with Crippen LogP contribution in [0.5, 0.6) is 0 Å². The number of hydrogen-bond donors (Lipinski definition) is 3. The Labute approximate surface area is 122 Å². The lowest BCUT2D eigenvalue weighted by atomic mass is 10.2. The van der Waals surface area contributed by atoms with Crippen LogP contribution in [0.15, 0.2) is 47.1 Å². The maximum atomic E-state index is 11.7. The molecule has 0 fully saturated rings. The largest absolute Gasteiger partial charge is 0.467 e. The molecule has 0 unspecified atom stereocenters. The quantitative estimate of drug-likeness (QED) is 0.790. The fourth-order valence-corrected chi connectivity index (χ4v) is 1.64. The Morgan fingerprint density at radius 3 is 2.29 bits per heavy atom. The average Bonchev–Trinajstić information content (AvgIpc) is 3.00. The van der Waals surface area contributed by atoms with Crippen molar-refractivity contribution in [3.8, 4) is 0 Å². The van der Waals surface area contributed by atoms with Gasteiger partial charge >= 0.3 is 6.03 Å². The summed E-state index contributed by atoms with van der Waals surface area (Å²) in [5.74, 6) is 0.634. The third kappa shape index (κ3) is 4.68. The second-order valence-electron chi connectivity index (χ2n) is 4.37. The summed E-state index contributed by atoms with van der Waals surface area (Å²) in [6.45, 7) is 2.11. The van der Waals surface area contributed by atoms with Crippen LogP contribution < -0.4 is 16.0 Å². The fraction of sp³-hybridized carbons (Fsp3) is 0.200.